The number of aryl methyl sites for hydroxylation is 2. The van der Waals surface area contributed by atoms with Crippen molar-refractivity contribution in [1.29, 1.82) is 0 Å². The van der Waals surface area contributed by atoms with E-state index in [9.17, 15) is 4.79 Å². The lowest BCUT2D eigenvalue weighted by atomic mass is 10.0. The molecule has 3 aromatic carbocycles. The maximum absolute atomic E-state index is 12.6. The molecule has 0 atom stereocenters. The Bertz CT molecular complexity index is 1260. The van der Waals surface area contributed by atoms with Crippen LogP contribution in [0.15, 0.2) is 71.3 Å². The number of benzene rings is 3. The predicted octanol–water partition coefficient (Wildman–Crippen LogP) is 5.89. The van der Waals surface area contributed by atoms with E-state index < -0.39 is 0 Å². The van der Waals surface area contributed by atoms with E-state index in [1.165, 1.54) is 12.7 Å². The van der Waals surface area contributed by atoms with Crippen molar-refractivity contribution >= 4 is 11.6 Å². The summed E-state index contributed by atoms with van der Waals surface area (Å²) in [5.74, 6) is 1.35. The van der Waals surface area contributed by atoms with Crippen LogP contribution in [0.4, 0.5) is 5.69 Å². The number of carbonyl (C=O) groups is 1. The van der Waals surface area contributed by atoms with Gasteiger partial charge in [-0.05, 0) is 67.9 Å². The minimum atomic E-state index is -0.243. The molecule has 1 heterocycles. The van der Waals surface area contributed by atoms with Gasteiger partial charge in [0.25, 0.3) is 5.91 Å². The Morgan fingerprint density at radius 3 is 2.38 bits per heavy atom. The smallest absolute Gasteiger partial charge is 0.255 e. The fourth-order valence-electron chi connectivity index (χ4n) is 3.42. The van der Waals surface area contributed by atoms with Crippen molar-refractivity contribution in [2.45, 2.75) is 13.8 Å². The van der Waals surface area contributed by atoms with E-state index in [1.54, 1.807) is 31.6 Å². The van der Waals surface area contributed by atoms with E-state index in [-0.39, 0.29) is 5.91 Å². The molecule has 0 fully saturated rings. The van der Waals surface area contributed by atoms with E-state index in [4.69, 9.17) is 13.9 Å². The molecule has 162 valence electrons. The number of carbonyl (C=O) groups excluding carboxylic acids is 1. The Balaban J connectivity index is 1.50. The second-order valence-electron chi connectivity index (χ2n) is 7.46. The number of methoxy groups -OCH3 is 2. The second kappa shape index (κ2) is 8.98. The number of anilines is 1. The average Bonchev–Trinajstić information content (AvgIpc) is 3.30. The largest absolute Gasteiger partial charge is 0.493 e. The van der Waals surface area contributed by atoms with Gasteiger partial charge in [-0.15, -0.1) is 0 Å². The molecule has 4 rings (SSSR count). The lowest BCUT2D eigenvalue weighted by Gasteiger charge is -2.10. The first kappa shape index (κ1) is 21.2. The number of hydrogen-bond donors (Lipinski definition) is 1. The van der Waals surface area contributed by atoms with Crippen LogP contribution in [-0.2, 0) is 0 Å². The summed E-state index contributed by atoms with van der Waals surface area (Å²) >= 11 is 0. The number of ether oxygens (including phenoxy) is 2. The molecule has 0 bridgehead atoms. The summed E-state index contributed by atoms with van der Waals surface area (Å²) in [6.07, 6.45) is 1.67. The maximum Gasteiger partial charge on any atom is 0.255 e. The van der Waals surface area contributed by atoms with Crippen LogP contribution in [0.3, 0.4) is 0 Å². The molecule has 4 aromatic rings. The summed E-state index contributed by atoms with van der Waals surface area (Å²) in [5.41, 5.74) is 6.12. The van der Waals surface area contributed by atoms with E-state index in [1.807, 2.05) is 24.3 Å². The van der Waals surface area contributed by atoms with Crippen molar-refractivity contribution in [3.63, 3.8) is 0 Å². The van der Waals surface area contributed by atoms with Crippen LogP contribution in [0.5, 0.6) is 11.5 Å². The maximum atomic E-state index is 12.6. The van der Waals surface area contributed by atoms with Gasteiger partial charge in [-0.25, -0.2) is 4.98 Å². The van der Waals surface area contributed by atoms with Crippen LogP contribution in [0.25, 0.3) is 22.7 Å². The zero-order valence-electron chi connectivity index (χ0n) is 18.4. The summed E-state index contributed by atoms with van der Waals surface area (Å²) in [4.78, 5) is 17.3. The van der Waals surface area contributed by atoms with Gasteiger partial charge < -0.3 is 19.2 Å². The summed E-state index contributed by atoms with van der Waals surface area (Å²) < 4.78 is 16.2. The molecule has 32 heavy (non-hydrogen) atoms. The molecule has 1 N–H and O–H groups in total. The molecular formula is C26H24N2O4. The van der Waals surface area contributed by atoms with Crippen molar-refractivity contribution in [2.75, 3.05) is 19.5 Å². The molecule has 0 aliphatic carbocycles. The molecule has 0 radical (unpaired) electrons. The quantitative estimate of drug-likeness (QED) is 0.414. The number of nitrogens with one attached hydrogen (secondary N) is 1. The third kappa shape index (κ3) is 4.34. The number of amides is 1. The van der Waals surface area contributed by atoms with Gasteiger partial charge in [0.1, 0.15) is 12.0 Å². The van der Waals surface area contributed by atoms with Crippen LogP contribution >= 0.6 is 0 Å². The lowest BCUT2D eigenvalue weighted by Crippen LogP contribution is -2.12. The third-order valence-electron chi connectivity index (χ3n) is 5.21. The van der Waals surface area contributed by atoms with Crippen LogP contribution in [-0.4, -0.2) is 25.1 Å². The summed E-state index contributed by atoms with van der Waals surface area (Å²) in [7, 11) is 3.09. The number of nitrogens with zero attached hydrogens (tertiary/aromatic N) is 1. The van der Waals surface area contributed by atoms with Gasteiger partial charge in [0.2, 0.25) is 5.89 Å². The van der Waals surface area contributed by atoms with Crippen LogP contribution in [0, 0.1) is 13.8 Å². The average molecular weight is 428 g/mol. The molecule has 0 aliphatic heterocycles. The first-order valence-electron chi connectivity index (χ1n) is 10.2. The van der Waals surface area contributed by atoms with Crippen LogP contribution in [0.1, 0.15) is 21.5 Å². The zero-order chi connectivity index (χ0) is 22.7. The van der Waals surface area contributed by atoms with E-state index in [2.05, 4.69) is 42.3 Å². The van der Waals surface area contributed by atoms with Gasteiger partial charge in [0.15, 0.2) is 11.5 Å². The Labute approximate surface area is 186 Å². The summed E-state index contributed by atoms with van der Waals surface area (Å²) in [5, 5.41) is 2.88. The Kier molecular flexibility index (Phi) is 5.94. The summed E-state index contributed by atoms with van der Waals surface area (Å²) in [6, 6.07) is 18.6. The molecule has 6 heteroatoms. The van der Waals surface area contributed by atoms with Gasteiger partial charge >= 0.3 is 0 Å². The number of aromatic nitrogens is 1. The van der Waals surface area contributed by atoms with Gasteiger partial charge in [-0.2, -0.15) is 0 Å². The molecule has 1 amide bonds. The van der Waals surface area contributed by atoms with Gasteiger partial charge in [-0.1, -0.05) is 17.7 Å². The topological polar surface area (TPSA) is 73.6 Å². The predicted molar refractivity (Wildman–Crippen MR) is 124 cm³/mol. The highest BCUT2D eigenvalue weighted by atomic mass is 16.5. The third-order valence-corrected chi connectivity index (χ3v) is 5.21. The normalized spacial score (nSPS) is 10.6. The Morgan fingerprint density at radius 1 is 0.906 bits per heavy atom. The van der Waals surface area contributed by atoms with E-state index in [0.29, 0.717) is 28.6 Å². The molecule has 0 saturated heterocycles. The molecule has 0 unspecified atom stereocenters. The standard InChI is InChI=1S/C26H24N2O4/c1-16-5-6-17(2)21(13-16)22-15-32-26(28-22)18-7-10-20(11-8-18)27-25(29)19-9-12-23(30-3)24(14-19)31-4/h5-15H,1-4H3,(H,27,29). The highest BCUT2D eigenvalue weighted by Gasteiger charge is 2.13. The minimum absolute atomic E-state index is 0.243. The first-order valence-corrected chi connectivity index (χ1v) is 10.2. The van der Waals surface area contributed by atoms with Crippen molar-refractivity contribution in [3.8, 4) is 34.2 Å². The number of hydrogen-bond acceptors (Lipinski definition) is 5. The van der Waals surface area contributed by atoms with E-state index in [0.717, 1.165) is 22.4 Å². The van der Waals surface area contributed by atoms with Gasteiger partial charge in [0, 0.05) is 22.4 Å². The van der Waals surface area contributed by atoms with E-state index >= 15 is 0 Å². The number of oxazole rings is 1. The highest BCUT2D eigenvalue weighted by Crippen LogP contribution is 2.29. The van der Waals surface area contributed by atoms with Gasteiger partial charge in [0.05, 0.1) is 14.2 Å². The molecule has 0 aliphatic rings. The fourth-order valence-corrected chi connectivity index (χ4v) is 3.42. The summed E-state index contributed by atoms with van der Waals surface area (Å²) in [6.45, 7) is 4.11. The molecule has 0 spiro atoms. The monoisotopic (exact) mass is 428 g/mol. The number of rotatable bonds is 6. The fraction of sp³-hybridized carbons (Fsp3) is 0.154. The molecule has 0 saturated carbocycles. The minimum Gasteiger partial charge on any atom is -0.493 e. The SMILES string of the molecule is COc1ccc(C(=O)Nc2ccc(-c3nc(-c4cc(C)ccc4C)co3)cc2)cc1OC. The molecule has 1 aromatic heterocycles. The van der Waals surface area contributed by atoms with Crippen molar-refractivity contribution in [3.05, 3.63) is 83.6 Å². The Morgan fingerprint density at radius 2 is 1.66 bits per heavy atom. The van der Waals surface area contributed by atoms with Gasteiger partial charge in [-0.3, -0.25) is 4.79 Å². The zero-order valence-corrected chi connectivity index (χ0v) is 18.4. The van der Waals surface area contributed by atoms with Crippen molar-refractivity contribution < 1.29 is 18.7 Å². The van der Waals surface area contributed by atoms with Crippen molar-refractivity contribution in [2.24, 2.45) is 0 Å². The van der Waals surface area contributed by atoms with Crippen LogP contribution in [0.2, 0.25) is 0 Å². The second-order valence-corrected chi connectivity index (χ2v) is 7.46. The van der Waals surface area contributed by atoms with Crippen LogP contribution < -0.4 is 14.8 Å². The molecule has 6 nitrogen and oxygen atoms in total. The highest BCUT2D eigenvalue weighted by molar-refractivity contribution is 6.04. The van der Waals surface area contributed by atoms with Crippen molar-refractivity contribution in [1.82, 2.24) is 4.98 Å². The lowest BCUT2D eigenvalue weighted by molar-refractivity contribution is 0.102. The first-order chi connectivity index (χ1) is 15.5. The Hall–Kier alpha value is -4.06. The molecular weight excluding hydrogens is 404 g/mol.